The van der Waals surface area contributed by atoms with Crippen molar-refractivity contribution < 1.29 is 28.5 Å². The number of nitrogens with zero attached hydrogens (tertiary/aromatic N) is 3. The molecule has 3 aromatic rings. The molecule has 36 heavy (non-hydrogen) atoms. The standard InChI is InChI=1S/C9H10N2O2S.C7H10N2O2S.C6H13BrO2.CH4/c1-3-13-8(12)7-6(2)11-5-4-10-9(11)14-7;1-3-11-6(10)5-4(2)9-7(8)12-5;1-3-8-6(5-7)9-4-2;/h4-5H,3H2,1-2H3;3H2,1-2H3,(H2,8,9);6H,3-5H2,1-2H3;1H4. The van der Waals surface area contributed by atoms with Crippen LogP contribution in [0.1, 0.15) is 65.9 Å². The third-order valence-electron chi connectivity index (χ3n) is 4.06. The minimum atomic E-state index is -0.343. The average Bonchev–Trinajstić information content (AvgIpc) is 3.51. The van der Waals surface area contributed by atoms with Crippen molar-refractivity contribution in [3.63, 3.8) is 0 Å². The van der Waals surface area contributed by atoms with Gasteiger partial charge < -0.3 is 24.7 Å². The first-order valence-corrected chi connectivity index (χ1v) is 13.8. The van der Waals surface area contributed by atoms with Crippen LogP contribution in [0, 0.1) is 13.8 Å². The largest absolute Gasteiger partial charge is 0.462 e. The number of halogens is 1. The summed E-state index contributed by atoms with van der Waals surface area (Å²) >= 11 is 5.78. The van der Waals surface area contributed by atoms with E-state index in [-0.39, 0.29) is 25.7 Å². The van der Waals surface area contributed by atoms with E-state index >= 15 is 0 Å². The summed E-state index contributed by atoms with van der Waals surface area (Å²) in [6.07, 6.45) is 3.48. The number of fused-ring (bicyclic) bond motifs is 1. The fourth-order valence-electron chi connectivity index (χ4n) is 2.59. The number of anilines is 1. The van der Waals surface area contributed by atoms with E-state index in [2.05, 4.69) is 25.9 Å². The number of ether oxygens (including phenoxy) is 4. The summed E-state index contributed by atoms with van der Waals surface area (Å²) in [5.74, 6) is -0.607. The van der Waals surface area contributed by atoms with Gasteiger partial charge >= 0.3 is 11.9 Å². The lowest BCUT2D eigenvalue weighted by molar-refractivity contribution is -0.119. The molecule has 0 aliphatic heterocycles. The number of rotatable bonds is 9. The Hall–Kier alpha value is -2.06. The van der Waals surface area contributed by atoms with Crippen LogP contribution in [0.25, 0.3) is 4.96 Å². The van der Waals surface area contributed by atoms with Crippen LogP contribution in [-0.4, -0.2) is 64.4 Å². The molecule has 2 N–H and O–H groups in total. The minimum Gasteiger partial charge on any atom is -0.462 e. The lowest BCUT2D eigenvalue weighted by Crippen LogP contribution is -2.18. The Morgan fingerprint density at radius 3 is 1.97 bits per heavy atom. The Balaban J connectivity index is 0.000000517. The quantitative estimate of drug-likeness (QED) is 0.190. The van der Waals surface area contributed by atoms with Gasteiger partial charge in [0.25, 0.3) is 0 Å². The summed E-state index contributed by atoms with van der Waals surface area (Å²) in [5, 5.41) is 1.14. The van der Waals surface area contributed by atoms with Crippen LogP contribution >= 0.6 is 38.6 Å². The third-order valence-corrected chi connectivity index (χ3v) is 6.70. The summed E-state index contributed by atoms with van der Waals surface area (Å²) < 4.78 is 21.9. The number of nitrogens with two attached hydrogens (primary N) is 1. The summed E-state index contributed by atoms with van der Waals surface area (Å²) in [4.78, 5) is 32.6. The zero-order valence-corrected chi connectivity index (χ0v) is 24.0. The lowest BCUT2D eigenvalue weighted by Gasteiger charge is -2.12. The molecular formula is C23H37BrN4O6S2. The number of alkyl halides is 1. The maximum Gasteiger partial charge on any atom is 0.350 e. The van der Waals surface area contributed by atoms with Gasteiger partial charge in [0.05, 0.1) is 24.2 Å². The number of carbonyl (C=O) groups excluding carboxylic acids is 2. The first-order valence-electron chi connectivity index (χ1n) is 11.0. The second-order valence-electron chi connectivity index (χ2n) is 6.50. The molecule has 0 spiro atoms. The summed E-state index contributed by atoms with van der Waals surface area (Å²) in [7, 11) is 0. The van der Waals surface area contributed by atoms with Gasteiger partial charge in [-0.1, -0.05) is 46.0 Å². The Kier molecular flexibility index (Phi) is 17.2. The number of aromatic nitrogens is 3. The molecular weight excluding hydrogens is 572 g/mol. The van der Waals surface area contributed by atoms with E-state index in [1.807, 2.05) is 31.4 Å². The van der Waals surface area contributed by atoms with Crippen LogP contribution in [0.3, 0.4) is 0 Å². The molecule has 0 fully saturated rings. The minimum absolute atomic E-state index is 0. The second-order valence-corrected chi connectivity index (χ2v) is 9.15. The molecule has 0 unspecified atom stereocenters. The molecule has 204 valence electrons. The molecule has 0 radical (unpaired) electrons. The van der Waals surface area contributed by atoms with Crippen molar-refractivity contribution in [3.05, 3.63) is 33.5 Å². The van der Waals surface area contributed by atoms with Crippen molar-refractivity contribution >= 4 is 60.6 Å². The van der Waals surface area contributed by atoms with E-state index < -0.39 is 0 Å². The van der Waals surface area contributed by atoms with Gasteiger partial charge in [0, 0.05) is 31.3 Å². The van der Waals surface area contributed by atoms with E-state index in [1.54, 1.807) is 27.0 Å². The van der Waals surface area contributed by atoms with Gasteiger partial charge in [0.2, 0.25) is 0 Å². The molecule has 0 atom stereocenters. The van der Waals surface area contributed by atoms with Crippen molar-refractivity contribution in [3.8, 4) is 0 Å². The molecule has 0 saturated carbocycles. The van der Waals surface area contributed by atoms with Gasteiger partial charge in [0.15, 0.2) is 16.4 Å². The highest BCUT2D eigenvalue weighted by Crippen LogP contribution is 2.22. The van der Waals surface area contributed by atoms with Crippen LogP contribution in [0.15, 0.2) is 12.4 Å². The highest BCUT2D eigenvalue weighted by molar-refractivity contribution is 9.09. The van der Waals surface area contributed by atoms with E-state index in [4.69, 9.17) is 24.7 Å². The fourth-order valence-corrected chi connectivity index (χ4v) is 4.68. The Labute approximate surface area is 229 Å². The van der Waals surface area contributed by atoms with Crippen molar-refractivity contribution in [2.24, 2.45) is 0 Å². The van der Waals surface area contributed by atoms with Crippen LogP contribution in [0.5, 0.6) is 0 Å². The third kappa shape index (κ3) is 10.5. The molecule has 0 aromatic carbocycles. The Morgan fingerprint density at radius 2 is 1.56 bits per heavy atom. The first kappa shape index (κ1) is 33.9. The van der Waals surface area contributed by atoms with E-state index in [1.165, 1.54) is 11.3 Å². The smallest absolute Gasteiger partial charge is 0.350 e. The zero-order valence-electron chi connectivity index (χ0n) is 20.8. The van der Waals surface area contributed by atoms with Crippen LogP contribution in [0.4, 0.5) is 5.13 Å². The number of hydrogen-bond acceptors (Lipinski definition) is 11. The zero-order chi connectivity index (χ0) is 26.4. The molecule has 10 nitrogen and oxygen atoms in total. The normalized spacial score (nSPS) is 10.1. The molecule has 13 heteroatoms. The van der Waals surface area contributed by atoms with Crippen LogP contribution < -0.4 is 5.73 Å². The maximum absolute atomic E-state index is 11.5. The van der Waals surface area contributed by atoms with Crippen LogP contribution in [-0.2, 0) is 18.9 Å². The number of thiazole rings is 2. The first-order chi connectivity index (χ1) is 16.7. The predicted octanol–water partition coefficient (Wildman–Crippen LogP) is 5.51. The maximum atomic E-state index is 11.5. The number of imidazole rings is 1. The monoisotopic (exact) mass is 608 g/mol. The predicted molar refractivity (Wildman–Crippen MR) is 149 cm³/mol. The fraction of sp³-hybridized carbons (Fsp3) is 0.565. The van der Waals surface area contributed by atoms with E-state index in [0.29, 0.717) is 47.0 Å². The molecule has 0 aliphatic rings. The van der Waals surface area contributed by atoms with Crippen molar-refractivity contribution in [2.45, 2.75) is 55.3 Å². The second kappa shape index (κ2) is 18.2. The lowest BCUT2D eigenvalue weighted by atomic mass is 10.4. The average molecular weight is 610 g/mol. The van der Waals surface area contributed by atoms with E-state index in [0.717, 1.165) is 27.3 Å². The van der Waals surface area contributed by atoms with Crippen molar-refractivity contribution in [1.82, 2.24) is 14.4 Å². The van der Waals surface area contributed by atoms with Crippen molar-refractivity contribution in [1.29, 1.82) is 0 Å². The van der Waals surface area contributed by atoms with Gasteiger partial charge in [-0.15, -0.1) is 0 Å². The van der Waals surface area contributed by atoms with Gasteiger partial charge in [-0.3, -0.25) is 4.40 Å². The number of nitrogen functional groups attached to an aromatic ring is 1. The van der Waals surface area contributed by atoms with Gasteiger partial charge in [-0.25, -0.2) is 19.6 Å². The molecule has 0 saturated heterocycles. The number of esters is 2. The topological polar surface area (TPSA) is 127 Å². The molecule has 0 bridgehead atoms. The van der Waals surface area contributed by atoms with Gasteiger partial charge in [-0.05, 0) is 41.5 Å². The van der Waals surface area contributed by atoms with Crippen molar-refractivity contribution in [2.75, 3.05) is 37.5 Å². The molecule has 0 amide bonds. The highest BCUT2D eigenvalue weighted by Gasteiger charge is 2.16. The van der Waals surface area contributed by atoms with Gasteiger partial charge in [-0.2, -0.15) is 0 Å². The molecule has 0 aliphatic carbocycles. The molecule has 3 heterocycles. The SMILES string of the molecule is C.CCOC(=O)c1sc(N)nc1C.CCOC(=O)c1sc2nccn2c1C.CCOC(CBr)OCC. The number of aryl methyl sites for hydroxylation is 2. The highest BCUT2D eigenvalue weighted by atomic mass is 79.9. The summed E-state index contributed by atoms with van der Waals surface area (Å²) in [6, 6.07) is 0. The molecule has 3 aromatic heterocycles. The number of hydrogen-bond donors (Lipinski definition) is 1. The van der Waals surface area contributed by atoms with E-state index in [9.17, 15) is 9.59 Å². The van der Waals surface area contributed by atoms with Gasteiger partial charge in [0.1, 0.15) is 9.75 Å². The Bertz CT molecular complexity index is 1050. The summed E-state index contributed by atoms with van der Waals surface area (Å²) in [5.41, 5.74) is 6.94. The summed E-state index contributed by atoms with van der Waals surface area (Å²) in [6.45, 7) is 13.3. The number of carbonyl (C=O) groups is 2. The molecule has 3 rings (SSSR count). The Morgan fingerprint density at radius 1 is 1.00 bits per heavy atom. The van der Waals surface area contributed by atoms with Crippen LogP contribution in [0.2, 0.25) is 0 Å².